The molecule has 49 heavy (non-hydrogen) atoms. The molecule has 0 aliphatic rings. The second-order valence-electron chi connectivity index (χ2n) is 15.8. The van der Waals surface area contributed by atoms with E-state index in [9.17, 15) is 9.59 Å². The molecular formula is C44H89N3O2. The Labute approximate surface area is 308 Å². The number of rotatable bonds is 34. The maximum atomic E-state index is 14.5. The fraction of sp³-hybridized carbons (Fsp3) is 0.955. The lowest BCUT2D eigenvalue weighted by atomic mass is 9.95. The molecule has 0 saturated heterocycles. The summed E-state index contributed by atoms with van der Waals surface area (Å²) in [5, 5.41) is 0. The van der Waals surface area contributed by atoms with Crippen LogP contribution in [0.5, 0.6) is 0 Å². The van der Waals surface area contributed by atoms with Gasteiger partial charge in [-0.2, -0.15) is 0 Å². The van der Waals surface area contributed by atoms with Crippen molar-refractivity contribution in [3.05, 3.63) is 0 Å². The van der Waals surface area contributed by atoms with Crippen molar-refractivity contribution in [2.45, 2.75) is 198 Å². The number of amides is 2. The van der Waals surface area contributed by atoms with Gasteiger partial charge < -0.3 is 9.80 Å². The number of carbonyl (C=O) groups is 2. The molecule has 0 rings (SSSR count). The van der Waals surface area contributed by atoms with Gasteiger partial charge in [0.05, 0.1) is 13.1 Å². The molecule has 2 amide bonds. The van der Waals surface area contributed by atoms with Gasteiger partial charge in [0.25, 0.3) is 0 Å². The highest BCUT2D eigenvalue weighted by atomic mass is 16.2. The monoisotopic (exact) mass is 692 g/mol. The fourth-order valence-electron chi connectivity index (χ4n) is 7.52. The molecule has 5 unspecified atom stereocenters. The van der Waals surface area contributed by atoms with E-state index in [4.69, 9.17) is 0 Å². The molecule has 0 aliphatic carbocycles. The lowest BCUT2D eigenvalue weighted by Gasteiger charge is -2.35. The summed E-state index contributed by atoms with van der Waals surface area (Å²) < 4.78 is 0. The van der Waals surface area contributed by atoms with Gasteiger partial charge in [0.1, 0.15) is 0 Å². The summed E-state index contributed by atoms with van der Waals surface area (Å²) in [5.74, 6) is 3.22. The lowest BCUT2D eigenvalue weighted by molar-refractivity contribution is -0.137. The van der Waals surface area contributed by atoms with Crippen LogP contribution in [-0.4, -0.2) is 72.3 Å². The van der Waals surface area contributed by atoms with Gasteiger partial charge in [-0.05, 0) is 61.7 Å². The highest BCUT2D eigenvalue weighted by Crippen LogP contribution is 2.22. The zero-order valence-corrected chi connectivity index (χ0v) is 35.1. The SMILES string of the molecule is CCCCC(CC)CN(CC(=O)N(CC(CC)CCCC)CC(CC)CCCC)CC(=O)N(CC(CC)CCCC)CC(CC)CCCC. The van der Waals surface area contributed by atoms with Crippen LogP contribution in [-0.2, 0) is 9.59 Å². The summed E-state index contributed by atoms with van der Waals surface area (Å²) in [6, 6.07) is 0. The van der Waals surface area contributed by atoms with E-state index in [1.54, 1.807) is 0 Å². The van der Waals surface area contributed by atoms with Crippen LogP contribution in [0.25, 0.3) is 0 Å². The van der Waals surface area contributed by atoms with E-state index in [0.717, 1.165) is 64.8 Å². The Kier molecular flexibility index (Phi) is 30.9. The second kappa shape index (κ2) is 31.6. The van der Waals surface area contributed by atoms with Gasteiger partial charge in [-0.3, -0.25) is 14.5 Å². The summed E-state index contributed by atoms with van der Waals surface area (Å²) in [5.41, 5.74) is 0. The molecule has 0 fully saturated rings. The molecule has 0 heterocycles. The summed E-state index contributed by atoms with van der Waals surface area (Å²) >= 11 is 0. The van der Waals surface area contributed by atoms with E-state index in [-0.39, 0.29) is 11.8 Å². The molecule has 0 aromatic carbocycles. The first-order valence-electron chi connectivity index (χ1n) is 22.0. The first-order chi connectivity index (χ1) is 23.7. The van der Waals surface area contributed by atoms with Crippen molar-refractivity contribution in [3.63, 3.8) is 0 Å². The summed E-state index contributed by atoms with van der Waals surface area (Å²) in [4.78, 5) is 35.7. The van der Waals surface area contributed by atoms with Crippen molar-refractivity contribution in [1.29, 1.82) is 0 Å². The predicted octanol–water partition coefficient (Wildman–Crippen LogP) is 12.0. The Bertz CT molecular complexity index is 683. The normalized spacial score (nSPS) is 14.8. The first-order valence-corrected chi connectivity index (χ1v) is 22.0. The molecule has 292 valence electrons. The second-order valence-corrected chi connectivity index (χ2v) is 15.8. The lowest BCUT2D eigenvalue weighted by Crippen LogP contribution is -2.49. The number of hydrogen-bond donors (Lipinski definition) is 0. The maximum Gasteiger partial charge on any atom is 0.236 e. The molecule has 0 aliphatic heterocycles. The van der Waals surface area contributed by atoms with Gasteiger partial charge in [-0.15, -0.1) is 0 Å². The highest BCUT2D eigenvalue weighted by molar-refractivity contribution is 5.81. The van der Waals surface area contributed by atoms with Gasteiger partial charge in [0, 0.05) is 32.7 Å². The molecule has 0 bridgehead atoms. The maximum absolute atomic E-state index is 14.5. The average Bonchev–Trinajstić information content (AvgIpc) is 3.11. The van der Waals surface area contributed by atoms with Crippen molar-refractivity contribution in [2.75, 3.05) is 45.8 Å². The largest absolute Gasteiger partial charge is 0.341 e. The third-order valence-corrected chi connectivity index (χ3v) is 11.6. The standard InChI is InChI=1S/C44H89N3O2/c1-11-21-26-38(16-6)31-45(36-43(48)46(32-39(17-7)27-22-12-2)33-40(18-8)28-23-13-3)37-44(49)47(34-41(19-9)29-24-14-4)35-42(20-10)30-25-15-5/h38-42H,11-37H2,1-10H3. The highest BCUT2D eigenvalue weighted by Gasteiger charge is 2.28. The van der Waals surface area contributed by atoms with Gasteiger partial charge >= 0.3 is 0 Å². The minimum atomic E-state index is 0.248. The molecule has 0 saturated carbocycles. The molecular weight excluding hydrogens is 603 g/mol. The third-order valence-electron chi connectivity index (χ3n) is 11.6. The summed E-state index contributed by atoms with van der Waals surface area (Å²) in [6.45, 7) is 27.9. The van der Waals surface area contributed by atoms with Crippen molar-refractivity contribution in [2.24, 2.45) is 29.6 Å². The molecule has 0 N–H and O–H groups in total. The summed E-state index contributed by atoms with van der Waals surface area (Å²) in [7, 11) is 0. The van der Waals surface area contributed by atoms with E-state index in [1.165, 1.54) is 96.3 Å². The fourth-order valence-corrected chi connectivity index (χ4v) is 7.52. The van der Waals surface area contributed by atoms with Gasteiger partial charge in [0.15, 0.2) is 0 Å². The molecule has 5 heteroatoms. The topological polar surface area (TPSA) is 43.9 Å². The summed E-state index contributed by atoms with van der Waals surface area (Å²) in [6.07, 6.45) is 23.7. The molecule has 0 aromatic heterocycles. The number of nitrogens with zero attached hydrogens (tertiary/aromatic N) is 3. The number of carbonyl (C=O) groups excluding carboxylic acids is 2. The van der Waals surface area contributed by atoms with Crippen molar-refractivity contribution < 1.29 is 9.59 Å². The third kappa shape index (κ3) is 22.4. The zero-order chi connectivity index (χ0) is 36.9. The Morgan fingerprint density at radius 2 is 0.592 bits per heavy atom. The van der Waals surface area contributed by atoms with Crippen molar-refractivity contribution in [3.8, 4) is 0 Å². The Morgan fingerprint density at radius 3 is 0.796 bits per heavy atom. The average molecular weight is 692 g/mol. The molecule has 0 radical (unpaired) electrons. The van der Waals surface area contributed by atoms with Gasteiger partial charge in [-0.25, -0.2) is 0 Å². The quantitative estimate of drug-likeness (QED) is 0.0674. The van der Waals surface area contributed by atoms with E-state index in [2.05, 4.69) is 83.9 Å². The molecule has 5 atom stereocenters. The van der Waals surface area contributed by atoms with E-state index >= 15 is 0 Å². The van der Waals surface area contributed by atoms with Crippen LogP contribution in [0.1, 0.15) is 198 Å². The Morgan fingerprint density at radius 1 is 0.367 bits per heavy atom. The van der Waals surface area contributed by atoms with Gasteiger partial charge in [-0.1, -0.05) is 166 Å². The smallest absolute Gasteiger partial charge is 0.236 e. The number of hydrogen-bond acceptors (Lipinski definition) is 3. The first kappa shape index (κ1) is 47.9. The minimum Gasteiger partial charge on any atom is -0.341 e. The molecule has 0 spiro atoms. The van der Waals surface area contributed by atoms with Crippen LogP contribution in [0.4, 0.5) is 0 Å². The zero-order valence-electron chi connectivity index (χ0n) is 35.1. The minimum absolute atomic E-state index is 0.248. The Balaban J connectivity index is 6.42. The number of unbranched alkanes of at least 4 members (excludes halogenated alkanes) is 5. The molecule has 0 aromatic rings. The van der Waals surface area contributed by atoms with Crippen LogP contribution in [0.15, 0.2) is 0 Å². The van der Waals surface area contributed by atoms with Gasteiger partial charge in [0.2, 0.25) is 11.8 Å². The van der Waals surface area contributed by atoms with Crippen LogP contribution < -0.4 is 0 Å². The van der Waals surface area contributed by atoms with Crippen LogP contribution in [0.3, 0.4) is 0 Å². The Hall–Kier alpha value is -1.10. The van der Waals surface area contributed by atoms with E-state index < -0.39 is 0 Å². The van der Waals surface area contributed by atoms with E-state index in [0.29, 0.717) is 42.7 Å². The van der Waals surface area contributed by atoms with Crippen LogP contribution in [0, 0.1) is 29.6 Å². The van der Waals surface area contributed by atoms with Crippen LogP contribution in [0.2, 0.25) is 0 Å². The van der Waals surface area contributed by atoms with Crippen molar-refractivity contribution in [1.82, 2.24) is 14.7 Å². The predicted molar refractivity (Wildman–Crippen MR) is 216 cm³/mol. The van der Waals surface area contributed by atoms with E-state index in [1.807, 2.05) is 0 Å². The van der Waals surface area contributed by atoms with Crippen molar-refractivity contribution >= 4 is 11.8 Å². The van der Waals surface area contributed by atoms with Crippen LogP contribution >= 0.6 is 0 Å². The molecule has 5 nitrogen and oxygen atoms in total.